The molecule has 0 N–H and O–H groups in total. The summed E-state index contributed by atoms with van der Waals surface area (Å²) in [6, 6.07) is 47.4. The van der Waals surface area contributed by atoms with Crippen LogP contribution in [0.1, 0.15) is 86.1 Å². The van der Waals surface area contributed by atoms with Crippen LogP contribution in [0.25, 0.3) is 76.8 Å². The molecule has 338 valence electrons. The summed E-state index contributed by atoms with van der Waals surface area (Å²) in [5, 5.41) is 8.12. The highest BCUT2D eigenvalue weighted by Gasteiger charge is 2.45. The van der Waals surface area contributed by atoms with Gasteiger partial charge in [0.25, 0.3) is 13.4 Å². The van der Waals surface area contributed by atoms with Crippen molar-refractivity contribution >= 4 is 78.5 Å². The van der Waals surface area contributed by atoms with Crippen molar-refractivity contribution in [1.82, 2.24) is 0 Å². The normalized spacial score (nSPS) is 13.9. The lowest BCUT2D eigenvalue weighted by Gasteiger charge is -2.38. The van der Waals surface area contributed by atoms with Gasteiger partial charge in [-0.3, -0.25) is 0 Å². The summed E-state index contributed by atoms with van der Waals surface area (Å²) in [7, 11) is 0. The second-order valence-corrected chi connectivity index (χ2v) is 23.5. The molecule has 70 heavy (non-hydrogen) atoms. The van der Waals surface area contributed by atoms with E-state index in [1.807, 2.05) is 0 Å². The van der Waals surface area contributed by atoms with Gasteiger partial charge in [-0.2, -0.15) is 0 Å². The van der Waals surface area contributed by atoms with Crippen LogP contribution < -0.4 is 42.3 Å². The molecule has 4 heterocycles. The van der Waals surface area contributed by atoms with Gasteiger partial charge in [0.1, 0.15) is 23.0 Å². The Kier molecular flexibility index (Phi) is 8.29. The van der Waals surface area contributed by atoms with E-state index in [0.717, 1.165) is 23.0 Å². The SMILES string of the molecule is Cc1cc(C)c(-c2cc3c4c(cc5c(-c6c(C)cc(C)cc6C)cc6c7c(cc2c4c57)B2c4ccccc4Oc4cc(C(C)(C)C)cc-6c42)B2c4ccccc4Oc4cc(C(C)(C)C)cc-3c42)c(C)c1. The molecule has 0 saturated carbocycles. The van der Waals surface area contributed by atoms with Gasteiger partial charge in [0, 0.05) is 0 Å². The number of fused-ring (bicyclic) bond motifs is 8. The lowest BCUT2D eigenvalue weighted by atomic mass is 9.31. The van der Waals surface area contributed by atoms with Crippen LogP contribution in [0.3, 0.4) is 0 Å². The minimum Gasteiger partial charge on any atom is -0.458 e. The van der Waals surface area contributed by atoms with Crippen molar-refractivity contribution in [3.8, 4) is 67.5 Å². The molecule has 4 aliphatic heterocycles. The predicted octanol–water partition coefficient (Wildman–Crippen LogP) is 13.6. The molecule has 2 nitrogen and oxygen atoms in total. The topological polar surface area (TPSA) is 18.5 Å². The second-order valence-electron chi connectivity index (χ2n) is 23.5. The molecular formula is C66H56B2O2. The fraction of sp³-hybridized carbons (Fsp3) is 0.212. The van der Waals surface area contributed by atoms with E-state index < -0.39 is 0 Å². The van der Waals surface area contributed by atoms with Gasteiger partial charge in [-0.05, 0) is 221 Å². The van der Waals surface area contributed by atoms with Crippen molar-refractivity contribution in [2.75, 3.05) is 0 Å². The zero-order valence-corrected chi connectivity index (χ0v) is 42.5. The van der Waals surface area contributed by atoms with Gasteiger partial charge >= 0.3 is 0 Å². The third-order valence-corrected chi connectivity index (χ3v) is 16.8. The highest BCUT2D eigenvalue weighted by molar-refractivity contribution is 7.01. The average Bonchev–Trinajstić information content (AvgIpc) is 3.30. The van der Waals surface area contributed by atoms with E-state index >= 15 is 0 Å². The minimum atomic E-state index is -0.101. The maximum absolute atomic E-state index is 7.08. The number of aryl methyl sites for hydroxylation is 6. The van der Waals surface area contributed by atoms with Crippen molar-refractivity contribution in [3.63, 3.8) is 0 Å². The maximum Gasteiger partial charge on any atom is 0.252 e. The van der Waals surface area contributed by atoms with Crippen LogP contribution >= 0.6 is 0 Å². The molecule has 0 aliphatic carbocycles. The first-order chi connectivity index (χ1) is 33.4. The van der Waals surface area contributed by atoms with Gasteiger partial charge in [-0.1, -0.05) is 149 Å². The Labute approximate surface area is 413 Å². The van der Waals surface area contributed by atoms with Crippen molar-refractivity contribution in [2.24, 2.45) is 0 Å². The zero-order valence-electron chi connectivity index (χ0n) is 42.5. The molecule has 0 saturated heterocycles. The Morgan fingerprint density at radius 3 is 1.09 bits per heavy atom. The molecule has 0 radical (unpaired) electrons. The van der Waals surface area contributed by atoms with Crippen molar-refractivity contribution < 1.29 is 9.47 Å². The van der Waals surface area contributed by atoms with Crippen molar-refractivity contribution in [3.05, 3.63) is 166 Å². The molecule has 0 unspecified atom stereocenters. The minimum absolute atomic E-state index is 0.0168. The van der Waals surface area contributed by atoms with E-state index in [1.54, 1.807) is 0 Å². The Balaban J connectivity index is 1.27. The van der Waals surface area contributed by atoms with Gasteiger partial charge < -0.3 is 9.47 Å². The van der Waals surface area contributed by atoms with Crippen LogP contribution in [0.5, 0.6) is 23.0 Å². The summed E-state index contributed by atoms with van der Waals surface area (Å²) in [4.78, 5) is 0. The van der Waals surface area contributed by atoms with Crippen LogP contribution in [0.2, 0.25) is 0 Å². The molecule has 10 aromatic carbocycles. The highest BCUT2D eigenvalue weighted by Crippen LogP contribution is 2.53. The van der Waals surface area contributed by atoms with E-state index in [-0.39, 0.29) is 24.3 Å². The number of benzene rings is 10. The van der Waals surface area contributed by atoms with Gasteiger partial charge in [0.2, 0.25) is 0 Å². The first-order valence-electron chi connectivity index (χ1n) is 25.4. The first kappa shape index (κ1) is 41.9. The molecule has 0 atom stereocenters. The largest absolute Gasteiger partial charge is 0.458 e. The molecule has 4 aliphatic rings. The third-order valence-electron chi connectivity index (χ3n) is 16.8. The number of hydrogen-bond donors (Lipinski definition) is 0. The highest BCUT2D eigenvalue weighted by atomic mass is 16.5. The third kappa shape index (κ3) is 5.54. The standard InChI is InChI=1S/C66H56B2O2/c1-33-21-35(3)57(36(4)22-33)41-29-43-47-25-39(65(7,8)9)27-55-63(47)68(50-18-14-16-20-54(50)69-55)52-32-46-42(58-37(5)23-34(2)24-38(58)6)30-44-48-26-40(66(10,11)12)28-56-64(48)67(49-17-13-15-19-53(49)70-56)51-31-45(41)61(59(43)52)62(46)60(44)51/h13-32H,1-12H3. The molecule has 0 bridgehead atoms. The Bertz CT molecular complexity index is 3730. The molecular weight excluding hydrogens is 846 g/mol. The van der Waals surface area contributed by atoms with E-state index in [1.165, 1.54) is 154 Å². The van der Waals surface area contributed by atoms with Gasteiger partial charge in [0.15, 0.2) is 0 Å². The predicted molar refractivity (Wildman–Crippen MR) is 300 cm³/mol. The Hall–Kier alpha value is -7.03. The number of ether oxygens (including phenoxy) is 2. The summed E-state index contributed by atoms with van der Waals surface area (Å²) in [5.41, 5.74) is 28.3. The molecule has 10 aromatic rings. The van der Waals surface area contributed by atoms with Crippen LogP contribution in [-0.2, 0) is 10.8 Å². The number of hydrogen-bond acceptors (Lipinski definition) is 2. The fourth-order valence-corrected chi connectivity index (χ4v) is 13.9. The van der Waals surface area contributed by atoms with Crippen LogP contribution in [-0.4, -0.2) is 13.4 Å². The summed E-state index contributed by atoms with van der Waals surface area (Å²) in [6.07, 6.45) is 0. The summed E-state index contributed by atoms with van der Waals surface area (Å²) >= 11 is 0. The zero-order chi connectivity index (χ0) is 48.2. The molecule has 0 amide bonds. The Morgan fingerprint density at radius 1 is 0.343 bits per heavy atom. The summed E-state index contributed by atoms with van der Waals surface area (Å²) in [6.45, 7) is 27.7. The van der Waals surface area contributed by atoms with Crippen LogP contribution in [0, 0.1) is 41.5 Å². The van der Waals surface area contributed by atoms with Crippen molar-refractivity contribution in [1.29, 1.82) is 0 Å². The molecule has 0 aromatic heterocycles. The molecule has 14 rings (SSSR count). The second kappa shape index (κ2) is 13.8. The van der Waals surface area contributed by atoms with Crippen molar-refractivity contribution in [2.45, 2.75) is 93.9 Å². The maximum atomic E-state index is 7.08. The quantitative estimate of drug-likeness (QED) is 0.127. The van der Waals surface area contributed by atoms with Gasteiger partial charge in [0.05, 0.1) is 0 Å². The lowest BCUT2D eigenvalue weighted by Crippen LogP contribution is -2.58. The summed E-state index contributed by atoms with van der Waals surface area (Å²) < 4.78 is 14.2. The molecule has 0 fully saturated rings. The van der Waals surface area contributed by atoms with Crippen LogP contribution in [0.4, 0.5) is 0 Å². The average molecular weight is 903 g/mol. The first-order valence-corrected chi connectivity index (χ1v) is 25.4. The monoisotopic (exact) mass is 902 g/mol. The van der Waals surface area contributed by atoms with E-state index in [9.17, 15) is 0 Å². The fourth-order valence-electron chi connectivity index (χ4n) is 13.9. The Morgan fingerprint density at radius 2 is 0.714 bits per heavy atom. The molecule has 0 spiro atoms. The van der Waals surface area contributed by atoms with E-state index in [0.29, 0.717) is 0 Å². The van der Waals surface area contributed by atoms with E-state index in [4.69, 9.17) is 9.47 Å². The number of rotatable bonds is 2. The molecule has 4 heteroatoms. The smallest absolute Gasteiger partial charge is 0.252 e. The summed E-state index contributed by atoms with van der Waals surface area (Å²) in [5.74, 6) is 3.84. The van der Waals surface area contributed by atoms with E-state index in [2.05, 4.69) is 204 Å². The lowest BCUT2D eigenvalue weighted by molar-refractivity contribution is 0.483. The van der Waals surface area contributed by atoms with Gasteiger partial charge in [-0.15, -0.1) is 0 Å². The van der Waals surface area contributed by atoms with Gasteiger partial charge in [-0.25, -0.2) is 0 Å². The van der Waals surface area contributed by atoms with Crippen LogP contribution in [0.15, 0.2) is 121 Å². The number of para-hydroxylation sites is 2.